The van der Waals surface area contributed by atoms with Crippen molar-refractivity contribution < 1.29 is 8.42 Å². The van der Waals surface area contributed by atoms with Crippen LogP contribution < -0.4 is 10.0 Å². The Morgan fingerprint density at radius 2 is 2.00 bits per heavy atom. The van der Waals surface area contributed by atoms with Gasteiger partial charge >= 0.3 is 0 Å². The number of likely N-dealkylation sites (tertiary alicyclic amines) is 1. The minimum Gasteiger partial charge on any atom is -0.313 e. The van der Waals surface area contributed by atoms with Crippen LogP contribution in [0.5, 0.6) is 0 Å². The number of sulfonamides is 1. The van der Waals surface area contributed by atoms with Gasteiger partial charge in [0.2, 0.25) is 10.0 Å². The van der Waals surface area contributed by atoms with Crippen molar-refractivity contribution in [2.75, 3.05) is 31.9 Å². The van der Waals surface area contributed by atoms with Crippen LogP contribution in [0.1, 0.15) is 39.0 Å². The molecule has 2 heterocycles. The normalized spacial score (nSPS) is 27.5. The van der Waals surface area contributed by atoms with Crippen LogP contribution in [0.15, 0.2) is 0 Å². The molecule has 2 N–H and O–H groups in total. The van der Waals surface area contributed by atoms with Gasteiger partial charge in [0, 0.05) is 18.6 Å². The third-order valence-electron chi connectivity index (χ3n) is 4.20. The molecule has 5 nitrogen and oxygen atoms in total. The molecule has 0 aromatic heterocycles. The molecular weight excluding hydrogens is 262 g/mol. The number of nitrogens with one attached hydrogen (secondary N) is 2. The van der Waals surface area contributed by atoms with Gasteiger partial charge in [0.25, 0.3) is 0 Å². The maximum absolute atomic E-state index is 12.0. The van der Waals surface area contributed by atoms with Gasteiger partial charge in [0.05, 0.1) is 5.75 Å². The molecule has 2 fully saturated rings. The van der Waals surface area contributed by atoms with Gasteiger partial charge < -0.3 is 5.32 Å². The van der Waals surface area contributed by atoms with Crippen molar-refractivity contribution in [1.29, 1.82) is 0 Å². The topological polar surface area (TPSA) is 61.4 Å². The molecule has 0 bridgehead atoms. The van der Waals surface area contributed by atoms with E-state index in [2.05, 4.69) is 21.9 Å². The Hall–Kier alpha value is -0.170. The average molecular weight is 289 g/mol. The highest BCUT2D eigenvalue weighted by atomic mass is 32.2. The predicted molar refractivity (Wildman–Crippen MR) is 77.7 cm³/mol. The second kappa shape index (κ2) is 7.02. The lowest BCUT2D eigenvalue weighted by molar-refractivity contribution is 0.259. The number of nitrogens with zero attached hydrogens (tertiary/aromatic N) is 1. The van der Waals surface area contributed by atoms with Crippen molar-refractivity contribution >= 4 is 10.0 Å². The monoisotopic (exact) mass is 289 g/mol. The van der Waals surface area contributed by atoms with E-state index in [0.29, 0.717) is 12.6 Å². The summed E-state index contributed by atoms with van der Waals surface area (Å²) in [6.45, 7) is 5.80. The molecule has 2 atom stereocenters. The summed E-state index contributed by atoms with van der Waals surface area (Å²) in [5.74, 6) is 0.222. The molecule has 0 saturated carbocycles. The van der Waals surface area contributed by atoms with E-state index in [1.807, 2.05) is 0 Å². The Balaban J connectivity index is 1.73. The first-order valence-corrected chi connectivity index (χ1v) is 9.17. The zero-order chi connectivity index (χ0) is 13.7. The van der Waals surface area contributed by atoms with E-state index < -0.39 is 10.0 Å². The average Bonchev–Trinajstić information content (AvgIpc) is 2.91. The molecule has 2 aliphatic heterocycles. The van der Waals surface area contributed by atoms with Gasteiger partial charge in [-0.05, 0) is 52.2 Å². The lowest BCUT2D eigenvalue weighted by Gasteiger charge is -2.26. The zero-order valence-electron chi connectivity index (χ0n) is 11.9. The van der Waals surface area contributed by atoms with Crippen LogP contribution in [-0.2, 0) is 10.0 Å². The van der Waals surface area contributed by atoms with Crippen molar-refractivity contribution in [1.82, 2.24) is 14.9 Å². The van der Waals surface area contributed by atoms with Crippen molar-refractivity contribution in [3.63, 3.8) is 0 Å². The number of piperidine rings is 1. The van der Waals surface area contributed by atoms with Gasteiger partial charge in [0.15, 0.2) is 0 Å². The summed E-state index contributed by atoms with van der Waals surface area (Å²) in [7, 11) is -3.14. The van der Waals surface area contributed by atoms with Gasteiger partial charge in [-0.15, -0.1) is 0 Å². The fraction of sp³-hybridized carbons (Fsp3) is 1.00. The smallest absolute Gasteiger partial charge is 0.213 e. The van der Waals surface area contributed by atoms with Gasteiger partial charge in [-0.2, -0.15) is 0 Å². The molecule has 0 aromatic rings. The second-order valence-electron chi connectivity index (χ2n) is 5.87. The van der Waals surface area contributed by atoms with E-state index in [9.17, 15) is 8.42 Å². The van der Waals surface area contributed by atoms with Gasteiger partial charge in [-0.25, -0.2) is 13.1 Å². The number of hydrogen-bond donors (Lipinski definition) is 2. The van der Waals surface area contributed by atoms with Gasteiger partial charge in [-0.3, -0.25) is 4.90 Å². The summed E-state index contributed by atoms with van der Waals surface area (Å²) in [6, 6.07) is 0.435. The Labute approximate surface area is 117 Å². The summed E-state index contributed by atoms with van der Waals surface area (Å²) in [6.07, 6.45) is 5.75. The standard InChI is InChI=1S/C13H27N3O2S/c1-12(16-8-4-5-9-16)10-15-19(17,18)11-13-6-2-3-7-14-13/h12-15H,2-11H2,1H3. The molecule has 0 spiro atoms. The van der Waals surface area contributed by atoms with Crippen LogP contribution in [-0.4, -0.2) is 57.3 Å². The van der Waals surface area contributed by atoms with E-state index >= 15 is 0 Å². The van der Waals surface area contributed by atoms with Gasteiger partial charge in [0.1, 0.15) is 0 Å². The van der Waals surface area contributed by atoms with Crippen LogP contribution in [0.3, 0.4) is 0 Å². The molecule has 0 radical (unpaired) electrons. The molecule has 112 valence electrons. The molecule has 6 heteroatoms. The van der Waals surface area contributed by atoms with E-state index in [-0.39, 0.29) is 11.8 Å². The van der Waals surface area contributed by atoms with Crippen molar-refractivity contribution in [2.45, 2.75) is 51.1 Å². The Morgan fingerprint density at radius 3 is 2.63 bits per heavy atom. The minimum absolute atomic E-state index is 0.133. The number of rotatable bonds is 6. The van der Waals surface area contributed by atoms with Crippen molar-refractivity contribution in [2.24, 2.45) is 0 Å². The maximum atomic E-state index is 12.0. The number of hydrogen-bond acceptors (Lipinski definition) is 4. The fourth-order valence-corrected chi connectivity index (χ4v) is 4.38. The molecule has 0 aromatic carbocycles. The Morgan fingerprint density at radius 1 is 1.26 bits per heavy atom. The molecular formula is C13H27N3O2S. The highest BCUT2D eigenvalue weighted by Gasteiger charge is 2.23. The van der Waals surface area contributed by atoms with Crippen LogP contribution in [0.25, 0.3) is 0 Å². The SMILES string of the molecule is CC(CNS(=O)(=O)CC1CCCCN1)N1CCCC1. The van der Waals surface area contributed by atoms with Crippen LogP contribution in [0.4, 0.5) is 0 Å². The predicted octanol–water partition coefficient (Wildman–Crippen LogP) is 0.532. The summed E-state index contributed by atoms with van der Waals surface area (Å²) >= 11 is 0. The van der Waals surface area contributed by atoms with Gasteiger partial charge in [-0.1, -0.05) is 6.42 Å². The summed E-state index contributed by atoms with van der Waals surface area (Å²) < 4.78 is 26.9. The molecule has 2 unspecified atom stereocenters. The van der Waals surface area contributed by atoms with E-state index in [1.165, 1.54) is 12.8 Å². The lowest BCUT2D eigenvalue weighted by atomic mass is 10.1. The van der Waals surface area contributed by atoms with Crippen LogP contribution in [0, 0.1) is 0 Å². The molecule has 2 aliphatic rings. The third-order valence-corrected chi connectivity index (χ3v) is 5.64. The Bertz CT molecular complexity index is 360. The first kappa shape index (κ1) is 15.2. The molecule has 0 amide bonds. The highest BCUT2D eigenvalue weighted by molar-refractivity contribution is 7.89. The first-order chi connectivity index (χ1) is 9.07. The molecule has 2 rings (SSSR count). The molecule has 2 saturated heterocycles. The van der Waals surface area contributed by atoms with Crippen LogP contribution in [0.2, 0.25) is 0 Å². The second-order valence-corrected chi connectivity index (χ2v) is 7.72. The highest BCUT2D eigenvalue weighted by Crippen LogP contribution is 2.12. The zero-order valence-corrected chi connectivity index (χ0v) is 12.7. The minimum atomic E-state index is -3.14. The van der Waals surface area contributed by atoms with E-state index in [4.69, 9.17) is 0 Å². The quantitative estimate of drug-likeness (QED) is 0.749. The van der Waals surface area contributed by atoms with E-state index in [0.717, 1.165) is 38.9 Å². The fourth-order valence-electron chi connectivity index (χ4n) is 2.95. The summed E-state index contributed by atoms with van der Waals surface area (Å²) in [5, 5.41) is 3.29. The Kier molecular flexibility index (Phi) is 5.62. The van der Waals surface area contributed by atoms with Crippen LogP contribution >= 0.6 is 0 Å². The third kappa shape index (κ3) is 5.02. The largest absolute Gasteiger partial charge is 0.313 e. The lowest BCUT2D eigenvalue weighted by Crippen LogP contribution is -2.46. The van der Waals surface area contributed by atoms with Crippen molar-refractivity contribution in [3.8, 4) is 0 Å². The molecule has 19 heavy (non-hydrogen) atoms. The maximum Gasteiger partial charge on any atom is 0.213 e. The molecule has 0 aliphatic carbocycles. The summed E-state index contributed by atoms with van der Waals surface area (Å²) in [5.41, 5.74) is 0. The van der Waals surface area contributed by atoms with Crippen molar-refractivity contribution in [3.05, 3.63) is 0 Å². The summed E-state index contributed by atoms with van der Waals surface area (Å²) in [4.78, 5) is 2.36. The van der Waals surface area contributed by atoms with E-state index in [1.54, 1.807) is 0 Å². The first-order valence-electron chi connectivity index (χ1n) is 7.51.